The molecule has 11 heteroatoms. The number of hydrogen-bond donors (Lipinski definition) is 0. The lowest BCUT2D eigenvalue weighted by atomic mass is 10.0. The van der Waals surface area contributed by atoms with E-state index in [0.29, 0.717) is 10.4 Å². The molecule has 0 saturated carbocycles. The first kappa shape index (κ1) is 29.1. The first-order valence-corrected chi connectivity index (χ1v) is 14.4. The molecule has 0 saturated heterocycles. The second-order valence-electron chi connectivity index (χ2n) is 8.89. The minimum atomic E-state index is -1.73. The summed E-state index contributed by atoms with van der Waals surface area (Å²) in [6.45, 7) is 2.24. The van der Waals surface area contributed by atoms with Gasteiger partial charge >= 0.3 is 11.9 Å². The first-order chi connectivity index (χ1) is 19.3. The molecule has 4 rings (SSSR count). The van der Waals surface area contributed by atoms with Gasteiger partial charge in [0.2, 0.25) is 0 Å². The standard InChI is InChI=1S/C29H26FN3O5S2/c1-18(30)24(37-28(35)20-12-8-5-9-13-20)22(14-36-27(34)19-10-6-4-7-11-19)38-29(2,16-31)25-23-21(15-40-25)26(39-3)33-17-32-23/h4-13,15,17-18,22,24H,14H2,1-3H3/t18-,22-,24+,29+/m1/s1. The Balaban J connectivity index is 1.68. The van der Waals surface area contributed by atoms with Crippen LogP contribution < -0.4 is 0 Å². The van der Waals surface area contributed by atoms with Crippen LogP contribution in [0.2, 0.25) is 0 Å². The maximum atomic E-state index is 15.1. The zero-order valence-electron chi connectivity index (χ0n) is 21.9. The Morgan fingerprint density at radius 3 is 2.27 bits per heavy atom. The molecule has 2 aromatic carbocycles. The number of rotatable bonds is 11. The fourth-order valence-corrected chi connectivity index (χ4v) is 5.67. The maximum Gasteiger partial charge on any atom is 0.338 e. The van der Waals surface area contributed by atoms with Crippen LogP contribution in [0.1, 0.15) is 39.4 Å². The van der Waals surface area contributed by atoms with Gasteiger partial charge in [0.1, 0.15) is 36.3 Å². The molecule has 4 aromatic rings. The number of carbonyl (C=O) groups is 2. The molecular weight excluding hydrogens is 553 g/mol. The quantitative estimate of drug-likeness (QED) is 0.120. The Morgan fingerprint density at radius 2 is 1.70 bits per heavy atom. The zero-order valence-corrected chi connectivity index (χ0v) is 23.6. The number of esters is 2. The number of fused-ring (bicyclic) bond motifs is 1. The van der Waals surface area contributed by atoms with Crippen molar-refractivity contribution in [1.82, 2.24) is 9.97 Å². The highest BCUT2D eigenvalue weighted by atomic mass is 32.2. The van der Waals surface area contributed by atoms with Gasteiger partial charge in [-0.3, -0.25) is 0 Å². The van der Waals surface area contributed by atoms with Crippen LogP contribution >= 0.6 is 23.1 Å². The van der Waals surface area contributed by atoms with Crippen molar-refractivity contribution in [2.45, 2.75) is 42.9 Å². The number of carbonyl (C=O) groups excluding carboxylic acids is 2. The average molecular weight is 580 g/mol. The smallest absolute Gasteiger partial charge is 0.338 e. The number of thiophene rings is 1. The molecule has 2 aromatic heterocycles. The number of nitriles is 1. The normalized spacial score (nSPS) is 14.9. The van der Waals surface area contributed by atoms with Gasteiger partial charge in [-0.15, -0.1) is 23.1 Å². The summed E-state index contributed by atoms with van der Waals surface area (Å²) in [6.07, 6.45) is -1.31. The third-order valence-electron chi connectivity index (χ3n) is 6.04. The predicted molar refractivity (Wildman–Crippen MR) is 150 cm³/mol. The topological polar surface area (TPSA) is 111 Å². The second kappa shape index (κ2) is 13.0. The minimum absolute atomic E-state index is 0.210. The third kappa shape index (κ3) is 6.47. The molecular formula is C29H26FN3O5S2. The summed E-state index contributed by atoms with van der Waals surface area (Å²) in [6, 6.07) is 18.5. The number of thioether (sulfide) groups is 1. The van der Waals surface area contributed by atoms with Crippen molar-refractivity contribution < 1.29 is 28.2 Å². The van der Waals surface area contributed by atoms with E-state index in [1.54, 1.807) is 48.5 Å². The second-order valence-corrected chi connectivity index (χ2v) is 10.6. The Morgan fingerprint density at radius 1 is 1.07 bits per heavy atom. The number of halogens is 1. The van der Waals surface area contributed by atoms with Crippen molar-refractivity contribution in [3.8, 4) is 6.07 Å². The summed E-state index contributed by atoms with van der Waals surface area (Å²) in [7, 11) is 0. The molecule has 0 aliphatic rings. The van der Waals surface area contributed by atoms with E-state index in [4.69, 9.17) is 14.2 Å². The van der Waals surface area contributed by atoms with Crippen LogP contribution in [0.3, 0.4) is 0 Å². The van der Waals surface area contributed by atoms with Gasteiger partial charge in [-0.25, -0.2) is 23.9 Å². The molecule has 40 heavy (non-hydrogen) atoms. The SMILES string of the molecule is CSc1ncnc2c([C@](C)(C#N)O[C@H](COC(=O)c3ccccc3)[C@@H](OC(=O)c3ccccc3)[C@@H](C)F)scc12. The fraction of sp³-hybridized carbons (Fsp3) is 0.276. The van der Waals surface area contributed by atoms with E-state index >= 15 is 4.39 Å². The number of aromatic nitrogens is 2. The van der Waals surface area contributed by atoms with Crippen molar-refractivity contribution in [3.63, 3.8) is 0 Å². The summed E-state index contributed by atoms with van der Waals surface area (Å²) < 4.78 is 32.4. The van der Waals surface area contributed by atoms with Gasteiger partial charge in [0.15, 0.2) is 11.7 Å². The molecule has 206 valence electrons. The van der Waals surface area contributed by atoms with E-state index in [9.17, 15) is 14.9 Å². The van der Waals surface area contributed by atoms with Gasteiger partial charge in [0.25, 0.3) is 0 Å². The summed E-state index contributed by atoms with van der Waals surface area (Å²) in [5.41, 5.74) is -0.658. The van der Waals surface area contributed by atoms with E-state index in [1.165, 1.54) is 55.4 Å². The van der Waals surface area contributed by atoms with Crippen molar-refractivity contribution in [3.05, 3.63) is 88.4 Å². The molecule has 8 nitrogen and oxygen atoms in total. The highest BCUT2D eigenvalue weighted by Gasteiger charge is 2.41. The largest absolute Gasteiger partial charge is 0.459 e. The average Bonchev–Trinajstić information content (AvgIpc) is 3.44. The molecule has 0 fully saturated rings. The van der Waals surface area contributed by atoms with Crippen molar-refractivity contribution >= 4 is 45.9 Å². The van der Waals surface area contributed by atoms with E-state index < -0.39 is 42.5 Å². The number of alkyl halides is 1. The molecule has 0 aliphatic carbocycles. The summed E-state index contributed by atoms with van der Waals surface area (Å²) >= 11 is 2.68. The highest BCUT2D eigenvalue weighted by Crippen LogP contribution is 2.39. The molecule has 0 radical (unpaired) electrons. The molecule has 0 N–H and O–H groups in total. The third-order valence-corrected chi connectivity index (χ3v) is 7.93. The van der Waals surface area contributed by atoms with Gasteiger partial charge in [-0.05, 0) is 44.4 Å². The van der Waals surface area contributed by atoms with Crippen LogP contribution in [-0.4, -0.2) is 53.1 Å². The zero-order chi connectivity index (χ0) is 28.7. The molecule has 0 amide bonds. The van der Waals surface area contributed by atoms with Crippen molar-refractivity contribution in [2.24, 2.45) is 0 Å². The van der Waals surface area contributed by atoms with E-state index in [1.807, 2.05) is 11.6 Å². The lowest BCUT2D eigenvalue weighted by Crippen LogP contribution is -2.46. The predicted octanol–water partition coefficient (Wildman–Crippen LogP) is 5.98. The van der Waals surface area contributed by atoms with Crippen LogP contribution in [0.25, 0.3) is 10.9 Å². The molecule has 0 bridgehead atoms. The summed E-state index contributed by atoms with van der Waals surface area (Å²) in [5, 5.41) is 13.6. The highest BCUT2D eigenvalue weighted by molar-refractivity contribution is 7.98. The lowest BCUT2D eigenvalue weighted by Gasteiger charge is -2.33. The summed E-state index contributed by atoms with van der Waals surface area (Å²) in [5.74, 6) is -1.46. The van der Waals surface area contributed by atoms with Crippen LogP contribution in [0.5, 0.6) is 0 Å². The Kier molecular flexibility index (Phi) is 9.47. The van der Waals surface area contributed by atoms with Gasteiger partial charge < -0.3 is 14.2 Å². The first-order valence-electron chi connectivity index (χ1n) is 12.3. The van der Waals surface area contributed by atoms with Crippen LogP contribution in [-0.2, 0) is 19.8 Å². The molecule has 0 aliphatic heterocycles. The molecule has 4 atom stereocenters. The fourth-order valence-electron chi connectivity index (χ4n) is 4.02. The van der Waals surface area contributed by atoms with E-state index in [-0.39, 0.29) is 11.1 Å². The lowest BCUT2D eigenvalue weighted by molar-refractivity contribution is -0.140. The molecule has 2 heterocycles. The van der Waals surface area contributed by atoms with Crippen LogP contribution in [0.4, 0.5) is 4.39 Å². The Hall–Kier alpha value is -3.85. The van der Waals surface area contributed by atoms with Crippen LogP contribution in [0.15, 0.2) is 77.4 Å². The van der Waals surface area contributed by atoms with Crippen molar-refractivity contribution in [2.75, 3.05) is 12.9 Å². The maximum absolute atomic E-state index is 15.1. The van der Waals surface area contributed by atoms with Gasteiger partial charge in [-0.2, -0.15) is 5.26 Å². The molecule has 0 spiro atoms. The van der Waals surface area contributed by atoms with E-state index in [0.717, 1.165) is 10.4 Å². The number of benzene rings is 2. The Bertz CT molecular complexity index is 1510. The number of ether oxygens (including phenoxy) is 3. The van der Waals surface area contributed by atoms with Crippen molar-refractivity contribution in [1.29, 1.82) is 5.26 Å². The minimum Gasteiger partial charge on any atom is -0.459 e. The monoisotopic (exact) mass is 579 g/mol. The number of hydrogen-bond acceptors (Lipinski definition) is 10. The summed E-state index contributed by atoms with van der Waals surface area (Å²) in [4.78, 5) is 34.7. The van der Waals surface area contributed by atoms with Gasteiger partial charge in [0, 0.05) is 10.8 Å². The van der Waals surface area contributed by atoms with Gasteiger partial charge in [0.05, 0.1) is 21.5 Å². The van der Waals surface area contributed by atoms with Crippen LogP contribution in [0, 0.1) is 11.3 Å². The number of nitrogens with zero attached hydrogens (tertiary/aromatic N) is 3. The van der Waals surface area contributed by atoms with Gasteiger partial charge in [-0.1, -0.05) is 36.4 Å². The van der Waals surface area contributed by atoms with E-state index in [2.05, 4.69) is 16.0 Å². The Labute approximate surface area is 239 Å². The molecule has 0 unspecified atom stereocenters.